The standard InChI is InChI=1S/C15H22N4OS/c1-9-8-10-13(18-15(16-2)19-14(10)21-9)17-11-6-4-3-5-7-12(11)20/h8,11-12,20H,3-7H2,1-2H3,(H2,16,17,18,19). The second kappa shape index (κ2) is 6.15. The van der Waals surface area contributed by atoms with Crippen LogP contribution in [0.4, 0.5) is 11.8 Å². The molecule has 1 fully saturated rings. The van der Waals surface area contributed by atoms with E-state index in [1.165, 1.54) is 11.3 Å². The highest BCUT2D eigenvalue weighted by atomic mass is 32.1. The number of aliphatic hydroxyl groups is 1. The number of nitrogens with zero attached hydrogens (tertiary/aromatic N) is 2. The molecule has 1 aliphatic rings. The van der Waals surface area contributed by atoms with Gasteiger partial charge < -0.3 is 15.7 Å². The van der Waals surface area contributed by atoms with E-state index in [1.54, 1.807) is 11.3 Å². The van der Waals surface area contributed by atoms with E-state index < -0.39 is 0 Å². The Bertz CT molecular complexity index is 627. The van der Waals surface area contributed by atoms with Crippen molar-refractivity contribution in [3.63, 3.8) is 0 Å². The SMILES string of the molecule is CNc1nc(NC2CCCCCC2O)c2cc(C)sc2n1. The molecule has 2 atom stereocenters. The van der Waals surface area contributed by atoms with Crippen molar-refractivity contribution < 1.29 is 5.11 Å². The molecule has 3 rings (SSSR count). The Kier molecular flexibility index (Phi) is 4.26. The maximum atomic E-state index is 10.3. The molecule has 6 heteroatoms. The largest absolute Gasteiger partial charge is 0.391 e. The highest BCUT2D eigenvalue weighted by Gasteiger charge is 2.23. The number of anilines is 2. The van der Waals surface area contributed by atoms with Crippen LogP contribution in [0.1, 0.15) is 37.0 Å². The minimum atomic E-state index is -0.296. The number of fused-ring (bicyclic) bond motifs is 1. The Hall–Kier alpha value is -1.40. The quantitative estimate of drug-likeness (QED) is 0.760. The molecule has 2 heterocycles. The fourth-order valence-electron chi connectivity index (χ4n) is 2.90. The molecular weight excluding hydrogens is 284 g/mol. The highest BCUT2D eigenvalue weighted by molar-refractivity contribution is 7.18. The van der Waals surface area contributed by atoms with Crippen molar-refractivity contribution in [2.45, 2.75) is 51.2 Å². The molecule has 1 saturated carbocycles. The van der Waals surface area contributed by atoms with Gasteiger partial charge in [0.05, 0.1) is 17.5 Å². The molecular formula is C15H22N4OS. The average molecular weight is 306 g/mol. The third-order valence-corrected chi connectivity index (χ3v) is 4.99. The second-order valence-corrected chi connectivity index (χ2v) is 6.91. The molecule has 2 aromatic rings. The Morgan fingerprint density at radius 1 is 1.24 bits per heavy atom. The molecule has 0 spiro atoms. The molecule has 114 valence electrons. The van der Waals surface area contributed by atoms with Crippen LogP contribution >= 0.6 is 11.3 Å². The van der Waals surface area contributed by atoms with Gasteiger partial charge in [-0.1, -0.05) is 19.3 Å². The first-order valence-corrected chi connectivity index (χ1v) is 8.39. The molecule has 0 aromatic carbocycles. The summed E-state index contributed by atoms with van der Waals surface area (Å²) in [4.78, 5) is 11.3. The third-order valence-electron chi connectivity index (χ3n) is 4.04. The zero-order chi connectivity index (χ0) is 14.8. The van der Waals surface area contributed by atoms with Crippen LogP contribution in [0.2, 0.25) is 0 Å². The summed E-state index contributed by atoms with van der Waals surface area (Å²) in [6.07, 6.45) is 5.03. The van der Waals surface area contributed by atoms with Gasteiger partial charge in [-0.05, 0) is 25.8 Å². The van der Waals surface area contributed by atoms with Gasteiger partial charge in [-0.2, -0.15) is 4.98 Å². The van der Waals surface area contributed by atoms with Crippen molar-refractivity contribution in [3.8, 4) is 0 Å². The van der Waals surface area contributed by atoms with Crippen molar-refractivity contribution in [1.29, 1.82) is 0 Å². The lowest BCUT2D eigenvalue weighted by atomic mass is 10.1. The summed E-state index contributed by atoms with van der Waals surface area (Å²) in [7, 11) is 1.83. The van der Waals surface area contributed by atoms with E-state index in [1.807, 2.05) is 7.05 Å². The van der Waals surface area contributed by atoms with Gasteiger partial charge in [0.15, 0.2) is 0 Å². The monoisotopic (exact) mass is 306 g/mol. The Morgan fingerprint density at radius 3 is 2.86 bits per heavy atom. The van der Waals surface area contributed by atoms with Crippen LogP contribution in [0, 0.1) is 6.92 Å². The van der Waals surface area contributed by atoms with Gasteiger partial charge in [0.2, 0.25) is 5.95 Å². The number of thiophene rings is 1. The molecule has 0 amide bonds. The van der Waals surface area contributed by atoms with E-state index in [0.717, 1.165) is 41.7 Å². The van der Waals surface area contributed by atoms with Crippen LogP contribution in [0.15, 0.2) is 6.07 Å². The lowest BCUT2D eigenvalue weighted by Crippen LogP contribution is -2.32. The van der Waals surface area contributed by atoms with Gasteiger partial charge in [0, 0.05) is 11.9 Å². The fourth-order valence-corrected chi connectivity index (χ4v) is 3.78. The number of rotatable bonds is 3. The molecule has 3 N–H and O–H groups in total. The summed E-state index contributed by atoms with van der Waals surface area (Å²) in [5.74, 6) is 1.45. The van der Waals surface area contributed by atoms with E-state index in [-0.39, 0.29) is 12.1 Å². The van der Waals surface area contributed by atoms with Crippen LogP contribution in [0.25, 0.3) is 10.2 Å². The van der Waals surface area contributed by atoms with Crippen LogP contribution in [0.5, 0.6) is 0 Å². The zero-order valence-corrected chi connectivity index (χ0v) is 13.3. The van der Waals surface area contributed by atoms with Gasteiger partial charge >= 0.3 is 0 Å². The van der Waals surface area contributed by atoms with Gasteiger partial charge in [-0.3, -0.25) is 0 Å². The lowest BCUT2D eigenvalue weighted by molar-refractivity contribution is 0.144. The number of nitrogens with one attached hydrogen (secondary N) is 2. The number of hydrogen-bond acceptors (Lipinski definition) is 6. The zero-order valence-electron chi connectivity index (χ0n) is 12.5. The summed E-state index contributed by atoms with van der Waals surface area (Å²) in [5, 5.41) is 17.8. The number of aryl methyl sites for hydroxylation is 1. The van der Waals surface area contributed by atoms with E-state index in [9.17, 15) is 5.11 Å². The van der Waals surface area contributed by atoms with E-state index >= 15 is 0 Å². The Balaban J connectivity index is 1.94. The molecule has 2 unspecified atom stereocenters. The molecule has 0 bridgehead atoms. The van der Waals surface area contributed by atoms with Crippen molar-refractivity contribution in [2.75, 3.05) is 17.7 Å². The van der Waals surface area contributed by atoms with Gasteiger partial charge in [-0.25, -0.2) is 4.98 Å². The summed E-state index contributed by atoms with van der Waals surface area (Å²) in [5.41, 5.74) is 0. The Morgan fingerprint density at radius 2 is 2.05 bits per heavy atom. The summed E-state index contributed by atoms with van der Waals surface area (Å²) in [6, 6.07) is 2.20. The molecule has 5 nitrogen and oxygen atoms in total. The normalized spacial score (nSPS) is 23.0. The first-order chi connectivity index (χ1) is 10.2. The predicted molar refractivity (Wildman–Crippen MR) is 88.2 cm³/mol. The minimum Gasteiger partial charge on any atom is -0.391 e. The summed E-state index contributed by atoms with van der Waals surface area (Å²) in [6.45, 7) is 2.08. The topological polar surface area (TPSA) is 70.1 Å². The second-order valence-electron chi connectivity index (χ2n) is 5.68. The van der Waals surface area contributed by atoms with Crippen LogP contribution in [-0.4, -0.2) is 34.3 Å². The van der Waals surface area contributed by atoms with Crippen LogP contribution in [-0.2, 0) is 0 Å². The van der Waals surface area contributed by atoms with E-state index in [4.69, 9.17) is 0 Å². The number of aromatic nitrogens is 2. The van der Waals surface area contributed by atoms with Crippen molar-refractivity contribution in [3.05, 3.63) is 10.9 Å². The van der Waals surface area contributed by atoms with E-state index in [2.05, 4.69) is 33.6 Å². The maximum absolute atomic E-state index is 10.3. The summed E-state index contributed by atoms with van der Waals surface area (Å²) < 4.78 is 0. The summed E-state index contributed by atoms with van der Waals surface area (Å²) >= 11 is 1.67. The van der Waals surface area contributed by atoms with Gasteiger partial charge in [0.1, 0.15) is 10.6 Å². The number of hydrogen-bond donors (Lipinski definition) is 3. The fraction of sp³-hybridized carbons (Fsp3) is 0.600. The maximum Gasteiger partial charge on any atom is 0.225 e. The third kappa shape index (κ3) is 3.11. The van der Waals surface area contributed by atoms with Crippen molar-refractivity contribution >= 4 is 33.3 Å². The van der Waals surface area contributed by atoms with Crippen LogP contribution < -0.4 is 10.6 Å². The molecule has 0 aliphatic heterocycles. The molecule has 1 aliphatic carbocycles. The molecule has 0 saturated heterocycles. The highest BCUT2D eigenvalue weighted by Crippen LogP contribution is 2.31. The smallest absolute Gasteiger partial charge is 0.225 e. The van der Waals surface area contributed by atoms with Crippen LogP contribution in [0.3, 0.4) is 0 Å². The van der Waals surface area contributed by atoms with E-state index in [0.29, 0.717) is 5.95 Å². The van der Waals surface area contributed by atoms with Crippen molar-refractivity contribution in [2.24, 2.45) is 0 Å². The molecule has 2 aromatic heterocycles. The first kappa shape index (κ1) is 14.5. The molecule has 0 radical (unpaired) electrons. The average Bonchev–Trinajstić information content (AvgIpc) is 2.73. The first-order valence-electron chi connectivity index (χ1n) is 7.58. The van der Waals surface area contributed by atoms with Crippen molar-refractivity contribution in [1.82, 2.24) is 9.97 Å². The Labute approximate surface area is 128 Å². The molecule has 21 heavy (non-hydrogen) atoms. The lowest BCUT2D eigenvalue weighted by Gasteiger charge is -2.22. The predicted octanol–water partition coefficient (Wildman–Crippen LogP) is 3.15. The van der Waals surface area contributed by atoms with Gasteiger partial charge in [-0.15, -0.1) is 11.3 Å². The number of aliphatic hydroxyl groups excluding tert-OH is 1. The van der Waals surface area contributed by atoms with Gasteiger partial charge in [0.25, 0.3) is 0 Å². The minimum absolute atomic E-state index is 0.0792.